The number of hydrogen-bond donors (Lipinski definition) is 1. The van der Waals surface area contributed by atoms with Crippen molar-refractivity contribution in [2.45, 2.75) is 25.3 Å². The van der Waals surface area contributed by atoms with Gasteiger partial charge in [0.25, 0.3) is 0 Å². The van der Waals surface area contributed by atoms with Gasteiger partial charge in [-0.2, -0.15) is 0 Å². The Morgan fingerprint density at radius 1 is 1.70 bits per heavy atom. The molecule has 58 valence electrons. The molecular formula is C8H16N2. The molecule has 2 rings (SSSR count). The largest absolute Gasteiger partial charge is 0.324 e. The Balaban J connectivity index is 1.86. The van der Waals surface area contributed by atoms with E-state index in [1.807, 2.05) is 0 Å². The van der Waals surface area contributed by atoms with E-state index in [2.05, 4.69) is 11.8 Å². The van der Waals surface area contributed by atoms with Crippen molar-refractivity contribution >= 4 is 0 Å². The lowest BCUT2D eigenvalue weighted by molar-refractivity contribution is 0.299. The second kappa shape index (κ2) is 1.95. The van der Waals surface area contributed by atoms with E-state index in [0.29, 0.717) is 0 Å². The summed E-state index contributed by atoms with van der Waals surface area (Å²) in [6.45, 7) is 5.90. The fourth-order valence-electron chi connectivity index (χ4n) is 2.12. The van der Waals surface area contributed by atoms with Crippen LogP contribution < -0.4 is 5.73 Å². The summed E-state index contributed by atoms with van der Waals surface area (Å²) in [7, 11) is 0. The average molecular weight is 140 g/mol. The summed E-state index contributed by atoms with van der Waals surface area (Å²) >= 11 is 0. The van der Waals surface area contributed by atoms with Crippen molar-refractivity contribution in [3.63, 3.8) is 0 Å². The van der Waals surface area contributed by atoms with Gasteiger partial charge in [-0.05, 0) is 25.3 Å². The normalized spacial score (nSPS) is 45.6. The van der Waals surface area contributed by atoms with Gasteiger partial charge < -0.3 is 10.6 Å². The molecule has 10 heavy (non-hydrogen) atoms. The highest BCUT2D eigenvalue weighted by Gasteiger charge is 2.56. The molecular weight excluding hydrogens is 124 g/mol. The van der Waals surface area contributed by atoms with Crippen LogP contribution in [0.5, 0.6) is 0 Å². The van der Waals surface area contributed by atoms with Crippen LogP contribution in [0.25, 0.3) is 0 Å². The van der Waals surface area contributed by atoms with Crippen molar-refractivity contribution in [3.05, 3.63) is 0 Å². The van der Waals surface area contributed by atoms with E-state index in [1.165, 1.54) is 25.9 Å². The van der Waals surface area contributed by atoms with Gasteiger partial charge in [0.15, 0.2) is 0 Å². The summed E-state index contributed by atoms with van der Waals surface area (Å²) in [6, 6.07) is 0. The number of fused-ring (bicyclic) bond motifs is 1. The number of hydrogen-bond acceptors (Lipinski definition) is 2. The lowest BCUT2D eigenvalue weighted by Crippen LogP contribution is -2.33. The SMILES string of the molecule is CCCN1C[C@H]2C[C@@]2(N)C1. The van der Waals surface area contributed by atoms with Gasteiger partial charge in [-0.3, -0.25) is 0 Å². The molecule has 0 spiro atoms. The van der Waals surface area contributed by atoms with Gasteiger partial charge in [-0.25, -0.2) is 0 Å². The van der Waals surface area contributed by atoms with Gasteiger partial charge >= 0.3 is 0 Å². The highest BCUT2D eigenvalue weighted by atomic mass is 15.2. The zero-order chi connectivity index (χ0) is 7.19. The molecule has 0 aromatic carbocycles. The molecule has 1 aliphatic heterocycles. The fourth-order valence-corrected chi connectivity index (χ4v) is 2.12. The van der Waals surface area contributed by atoms with Crippen molar-refractivity contribution in [1.82, 2.24) is 4.90 Å². The van der Waals surface area contributed by atoms with E-state index in [0.717, 1.165) is 12.5 Å². The third kappa shape index (κ3) is 0.867. The third-order valence-corrected chi connectivity index (χ3v) is 2.82. The zero-order valence-electron chi connectivity index (χ0n) is 6.64. The number of likely N-dealkylation sites (tertiary alicyclic amines) is 1. The second-order valence-electron chi connectivity index (χ2n) is 3.87. The van der Waals surface area contributed by atoms with Crippen LogP contribution in [-0.4, -0.2) is 30.1 Å². The van der Waals surface area contributed by atoms with Gasteiger partial charge in [-0.15, -0.1) is 0 Å². The summed E-state index contributed by atoms with van der Waals surface area (Å²) in [5, 5.41) is 0. The molecule has 2 nitrogen and oxygen atoms in total. The maximum absolute atomic E-state index is 6.03. The van der Waals surface area contributed by atoms with Crippen LogP contribution in [0.4, 0.5) is 0 Å². The molecule has 2 N–H and O–H groups in total. The number of nitrogens with zero attached hydrogens (tertiary/aromatic N) is 1. The first-order valence-corrected chi connectivity index (χ1v) is 4.26. The van der Waals surface area contributed by atoms with E-state index in [4.69, 9.17) is 5.73 Å². The number of rotatable bonds is 2. The Morgan fingerprint density at radius 2 is 2.50 bits per heavy atom. The standard InChI is InChI=1S/C8H16N2/c1-2-3-10-5-7-4-8(7,9)6-10/h7H,2-6,9H2,1H3/t7-,8-/m1/s1. The molecule has 1 heterocycles. The first kappa shape index (κ1) is 6.62. The Kier molecular flexibility index (Phi) is 1.29. The number of nitrogens with two attached hydrogens (primary N) is 1. The van der Waals surface area contributed by atoms with Crippen LogP contribution in [0, 0.1) is 5.92 Å². The lowest BCUT2D eigenvalue weighted by Gasteiger charge is -2.17. The molecule has 1 saturated carbocycles. The van der Waals surface area contributed by atoms with E-state index >= 15 is 0 Å². The molecule has 0 bridgehead atoms. The van der Waals surface area contributed by atoms with Crippen molar-refractivity contribution in [3.8, 4) is 0 Å². The first-order chi connectivity index (χ1) is 4.74. The summed E-state index contributed by atoms with van der Waals surface area (Å²) in [4.78, 5) is 2.49. The summed E-state index contributed by atoms with van der Waals surface area (Å²) in [5.74, 6) is 0.846. The highest BCUT2D eigenvalue weighted by Crippen LogP contribution is 2.46. The van der Waals surface area contributed by atoms with Crippen molar-refractivity contribution in [2.24, 2.45) is 11.7 Å². The molecule has 0 unspecified atom stereocenters. The Bertz CT molecular complexity index is 146. The Morgan fingerprint density at radius 3 is 3.00 bits per heavy atom. The molecule has 1 saturated heterocycles. The van der Waals surface area contributed by atoms with Gasteiger partial charge in [0.1, 0.15) is 0 Å². The van der Waals surface area contributed by atoms with Crippen molar-refractivity contribution in [1.29, 1.82) is 0 Å². The minimum absolute atomic E-state index is 0.259. The van der Waals surface area contributed by atoms with Crippen LogP contribution in [0.1, 0.15) is 19.8 Å². The molecule has 0 amide bonds. The van der Waals surface area contributed by atoms with Gasteiger partial charge in [0, 0.05) is 18.6 Å². The molecule has 0 radical (unpaired) electrons. The number of piperidine rings is 1. The topological polar surface area (TPSA) is 29.3 Å². The molecule has 1 aliphatic carbocycles. The highest BCUT2D eigenvalue weighted by molar-refractivity contribution is 5.15. The second-order valence-corrected chi connectivity index (χ2v) is 3.87. The molecule has 0 aromatic rings. The Labute approximate surface area is 62.4 Å². The van der Waals surface area contributed by atoms with E-state index < -0.39 is 0 Å². The Hall–Kier alpha value is -0.0800. The van der Waals surface area contributed by atoms with Crippen molar-refractivity contribution in [2.75, 3.05) is 19.6 Å². The van der Waals surface area contributed by atoms with Gasteiger partial charge in [-0.1, -0.05) is 6.92 Å². The zero-order valence-corrected chi connectivity index (χ0v) is 6.64. The first-order valence-electron chi connectivity index (χ1n) is 4.26. The van der Waals surface area contributed by atoms with Gasteiger partial charge in [0.2, 0.25) is 0 Å². The maximum atomic E-state index is 6.03. The minimum Gasteiger partial charge on any atom is -0.324 e. The lowest BCUT2D eigenvalue weighted by atomic mass is 10.3. The van der Waals surface area contributed by atoms with Crippen molar-refractivity contribution < 1.29 is 0 Å². The summed E-state index contributed by atoms with van der Waals surface area (Å²) < 4.78 is 0. The third-order valence-electron chi connectivity index (χ3n) is 2.82. The van der Waals surface area contributed by atoms with Crippen LogP contribution in [0.15, 0.2) is 0 Å². The van der Waals surface area contributed by atoms with Gasteiger partial charge in [0.05, 0.1) is 0 Å². The molecule has 2 heteroatoms. The quantitative estimate of drug-likeness (QED) is 0.602. The maximum Gasteiger partial charge on any atom is 0.0328 e. The van der Waals surface area contributed by atoms with Crippen LogP contribution in [0.2, 0.25) is 0 Å². The minimum atomic E-state index is 0.259. The van der Waals surface area contributed by atoms with E-state index in [-0.39, 0.29) is 5.54 Å². The van der Waals surface area contributed by atoms with Crippen LogP contribution in [0.3, 0.4) is 0 Å². The van der Waals surface area contributed by atoms with E-state index in [9.17, 15) is 0 Å². The smallest absolute Gasteiger partial charge is 0.0328 e. The molecule has 2 fully saturated rings. The predicted molar refractivity (Wildman–Crippen MR) is 41.8 cm³/mol. The predicted octanol–water partition coefficient (Wildman–Crippen LogP) is 0.429. The average Bonchev–Trinajstić information content (AvgIpc) is 2.34. The monoisotopic (exact) mass is 140 g/mol. The molecule has 2 aliphatic rings. The van der Waals surface area contributed by atoms with Crippen LogP contribution >= 0.6 is 0 Å². The van der Waals surface area contributed by atoms with E-state index in [1.54, 1.807) is 0 Å². The van der Waals surface area contributed by atoms with Crippen LogP contribution in [-0.2, 0) is 0 Å². The molecule has 2 atom stereocenters. The summed E-state index contributed by atoms with van der Waals surface area (Å²) in [5.41, 5.74) is 6.29. The molecule has 0 aromatic heterocycles. The summed E-state index contributed by atoms with van der Waals surface area (Å²) in [6.07, 6.45) is 2.55. The fraction of sp³-hybridized carbons (Fsp3) is 1.00.